The van der Waals surface area contributed by atoms with Gasteiger partial charge in [-0.3, -0.25) is 0 Å². The van der Waals surface area contributed by atoms with Crippen LogP contribution in [0.1, 0.15) is 32.3 Å². The number of aliphatic hydroxyl groups excluding tert-OH is 1. The molecule has 0 saturated heterocycles. The molecule has 1 aliphatic rings. The van der Waals surface area contributed by atoms with Crippen LogP contribution in [-0.4, -0.2) is 42.4 Å². The minimum atomic E-state index is -0.518. The highest BCUT2D eigenvalue weighted by Gasteiger charge is 2.44. The van der Waals surface area contributed by atoms with E-state index in [9.17, 15) is 5.11 Å². The number of ether oxygens (including phenoxy) is 1. The van der Waals surface area contributed by atoms with E-state index in [4.69, 9.17) is 10.00 Å². The van der Waals surface area contributed by atoms with Crippen LogP contribution in [0.5, 0.6) is 5.75 Å². The molecule has 0 aromatic heterocycles. The standard InChI is InChI=1S/C17H24N2O2/c1-13(17(2)8-9-17)19(3)11-15(20)12-21-16-6-4-14(10-18)5-7-16/h4-7,13,15,20H,8-9,11-12H2,1-3H3. The number of hydrogen-bond acceptors (Lipinski definition) is 4. The Bertz CT molecular complexity index is 503. The molecule has 0 radical (unpaired) electrons. The summed E-state index contributed by atoms with van der Waals surface area (Å²) in [5.74, 6) is 0.679. The van der Waals surface area contributed by atoms with Gasteiger partial charge in [0.15, 0.2) is 0 Å². The van der Waals surface area contributed by atoms with Gasteiger partial charge in [-0.15, -0.1) is 0 Å². The largest absolute Gasteiger partial charge is 0.491 e. The third-order valence-electron chi connectivity index (χ3n) is 4.63. The predicted octanol–water partition coefficient (Wildman–Crippen LogP) is 2.42. The molecule has 1 aromatic carbocycles. The van der Waals surface area contributed by atoms with Gasteiger partial charge in [0.2, 0.25) is 0 Å². The van der Waals surface area contributed by atoms with Crippen molar-refractivity contribution in [3.05, 3.63) is 29.8 Å². The fourth-order valence-electron chi connectivity index (χ4n) is 2.51. The van der Waals surface area contributed by atoms with Gasteiger partial charge in [-0.2, -0.15) is 5.26 Å². The Kier molecular flexibility index (Phi) is 4.87. The minimum absolute atomic E-state index is 0.264. The monoisotopic (exact) mass is 288 g/mol. The maximum absolute atomic E-state index is 10.1. The first-order valence-corrected chi connectivity index (χ1v) is 7.46. The van der Waals surface area contributed by atoms with E-state index < -0.39 is 6.10 Å². The zero-order chi connectivity index (χ0) is 15.5. The summed E-state index contributed by atoms with van der Waals surface area (Å²) in [6.07, 6.45) is 2.03. The molecular weight excluding hydrogens is 264 g/mol. The van der Waals surface area contributed by atoms with Crippen molar-refractivity contribution < 1.29 is 9.84 Å². The van der Waals surface area contributed by atoms with Gasteiger partial charge in [-0.1, -0.05) is 6.92 Å². The van der Waals surface area contributed by atoms with Crippen LogP contribution in [0.15, 0.2) is 24.3 Å². The van der Waals surface area contributed by atoms with Crippen molar-refractivity contribution in [3.8, 4) is 11.8 Å². The first-order valence-electron chi connectivity index (χ1n) is 7.46. The Hall–Kier alpha value is -1.57. The van der Waals surface area contributed by atoms with Crippen molar-refractivity contribution >= 4 is 0 Å². The molecule has 1 aliphatic carbocycles. The average Bonchev–Trinajstić information content (AvgIpc) is 3.23. The lowest BCUT2D eigenvalue weighted by molar-refractivity contribution is 0.0540. The summed E-state index contributed by atoms with van der Waals surface area (Å²) in [7, 11) is 2.05. The summed E-state index contributed by atoms with van der Waals surface area (Å²) in [5.41, 5.74) is 1.02. The summed E-state index contributed by atoms with van der Waals surface area (Å²) >= 11 is 0. The summed E-state index contributed by atoms with van der Waals surface area (Å²) in [6, 6.07) is 9.47. The summed E-state index contributed by atoms with van der Waals surface area (Å²) in [6.45, 7) is 5.39. The van der Waals surface area contributed by atoms with Gasteiger partial charge in [0, 0.05) is 12.6 Å². The zero-order valence-electron chi connectivity index (χ0n) is 13.0. The van der Waals surface area contributed by atoms with Gasteiger partial charge in [0.25, 0.3) is 0 Å². The second-order valence-electron chi connectivity index (χ2n) is 6.37. The molecule has 1 N–H and O–H groups in total. The maximum Gasteiger partial charge on any atom is 0.119 e. The molecule has 2 rings (SSSR count). The van der Waals surface area contributed by atoms with Crippen LogP contribution in [0, 0.1) is 16.7 Å². The van der Waals surface area contributed by atoms with E-state index in [1.54, 1.807) is 24.3 Å². The molecule has 4 nitrogen and oxygen atoms in total. The normalized spacial score (nSPS) is 18.9. The van der Waals surface area contributed by atoms with E-state index in [2.05, 4.69) is 31.9 Å². The highest BCUT2D eigenvalue weighted by molar-refractivity contribution is 5.34. The molecule has 21 heavy (non-hydrogen) atoms. The Labute approximate surface area is 127 Å². The van der Waals surface area contributed by atoms with Crippen LogP contribution >= 0.6 is 0 Å². The molecule has 114 valence electrons. The quantitative estimate of drug-likeness (QED) is 0.837. The Balaban J connectivity index is 1.76. The van der Waals surface area contributed by atoms with E-state index in [0.29, 0.717) is 29.3 Å². The number of rotatable bonds is 7. The van der Waals surface area contributed by atoms with Crippen LogP contribution in [-0.2, 0) is 0 Å². The topological polar surface area (TPSA) is 56.5 Å². The van der Waals surface area contributed by atoms with E-state index in [-0.39, 0.29) is 6.61 Å². The van der Waals surface area contributed by atoms with E-state index in [0.717, 1.165) is 0 Å². The van der Waals surface area contributed by atoms with E-state index in [1.807, 2.05) is 0 Å². The molecule has 1 saturated carbocycles. The molecule has 0 heterocycles. The van der Waals surface area contributed by atoms with Crippen molar-refractivity contribution in [1.29, 1.82) is 5.26 Å². The van der Waals surface area contributed by atoms with Crippen LogP contribution in [0.3, 0.4) is 0 Å². The number of benzene rings is 1. The SMILES string of the molecule is CC(N(C)CC(O)COc1ccc(C#N)cc1)C1(C)CC1. The fraction of sp³-hybridized carbons (Fsp3) is 0.588. The Morgan fingerprint density at radius 1 is 1.38 bits per heavy atom. The molecule has 1 fully saturated rings. The number of hydrogen-bond donors (Lipinski definition) is 1. The Morgan fingerprint density at radius 3 is 2.52 bits per heavy atom. The number of aliphatic hydroxyl groups is 1. The lowest BCUT2D eigenvalue weighted by Crippen LogP contribution is -2.41. The van der Waals surface area contributed by atoms with Crippen molar-refractivity contribution in [2.45, 2.75) is 38.8 Å². The first-order chi connectivity index (χ1) is 9.94. The van der Waals surface area contributed by atoms with Gasteiger partial charge >= 0.3 is 0 Å². The predicted molar refractivity (Wildman–Crippen MR) is 82.1 cm³/mol. The molecule has 4 heteroatoms. The summed E-state index contributed by atoms with van der Waals surface area (Å²) in [5, 5.41) is 18.8. The van der Waals surface area contributed by atoms with Gasteiger partial charge in [0.05, 0.1) is 11.6 Å². The lowest BCUT2D eigenvalue weighted by Gasteiger charge is -2.31. The molecule has 0 aliphatic heterocycles. The third-order valence-corrected chi connectivity index (χ3v) is 4.63. The summed E-state index contributed by atoms with van der Waals surface area (Å²) < 4.78 is 5.56. The molecular formula is C17H24N2O2. The van der Waals surface area contributed by atoms with Crippen LogP contribution < -0.4 is 4.74 Å². The molecule has 0 spiro atoms. The smallest absolute Gasteiger partial charge is 0.119 e. The van der Waals surface area contributed by atoms with E-state index >= 15 is 0 Å². The van der Waals surface area contributed by atoms with Crippen molar-refractivity contribution in [3.63, 3.8) is 0 Å². The molecule has 2 unspecified atom stereocenters. The van der Waals surface area contributed by atoms with Crippen LogP contribution in [0.2, 0.25) is 0 Å². The third kappa shape index (κ3) is 4.20. The molecule has 1 aromatic rings. The van der Waals surface area contributed by atoms with Crippen LogP contribution in [0.4, 0.5) is 0 Å². The zero-order valence-corrected chi connectivity index (χ0v) is 13.0. The first kappa shape index (κ1) is 15.8. The molecule has 2 atom stereocenters. The highest BCUT2D eigenvalue weighted by atomic mass is 16.5. The number of likely N-dealkylation sites (N-methyl/N-ethyl adjacent to an activating group) is 1. The maximum atomic E-state index is 10.1. The second kappa shape index (κ2) is 6.46. The second-order valence-corrected chi connectivity index (χ2v) is 6.37. The van der Waals surface area contributed by atoms with Crippen molar-refractivity contribution in [1.82, 2.24) is 4.90 Å². The minimum Gasteiger partial charge on any atom is -0.491 e. The van der Waals surface area contributed by atoms with Gasteiger partial charge in [-0.05, 0) is 56.5 Å². The van der Waals surface area contributed by atoms with Crippen molar-refractivity contribution in [2.75, 3.05) is 20.2 Å². The number of nitrogens with zero attached hydrogens (tertiary/aromatic N) is 2. The van der Waals surface area contributed by atoms with Crippen LogP contribution in [0.25, 0.3) is 0 Å². The van der Waals surface area contributed by atoms with E-state index in [1.165, 1.54) is 12.8 Å². The fourth-order valence-corrected chi connectivity index (χ4v) is 2.51. The molecule has 0 amide bonds. The van der Waals surface area contributed by atoms with Gasteiger partial charge in [0.1, 0.15) is 18.5 Å². The molecule has 0 bridgehead atoms. The lowest BCUT2D eigenvalue weighted by atomic mass is 9.99. The van der Waals surface area contributed by atoms with Gasteiger partial charge in [-0.25, -0.2) is 0 Å². The Morgan fingerprint density at radius 2 is 2.00 bits per heavy atom. The van der Waals surface area contributed by atoms with Gasteiger partial charge < -0.3 is 14.7 Å². The van der Waals surface area contributed by atoms with Crippen molar-refractivity contribution in [2.24, 2.45) is 5.41 Å². The number of nitriles is 1. The average molecular weight is 288 g/mol. The highest BCUT2D eigenvalue weighted by Crippen LogP contribution is 2.49. The summed E-state index contributed by atoms with van der Waals surface area (Å²) in [4.78, 5) is 2.21.